The van der Waals surface area contributed by atoms with Gasteiger partial charge in [0.1, 0.15) is 29.9 Å². The molecule has 1 atom stereocenters. The molecule has 3 heterocycles. The number of anilines is 2. The van der Waals surface area contributed by atoms with Crippen molar-refractivity contribution in [1.29, 1.82) is 5.26 Å². The van der Waals surface area contributed by atoms with Crippen molar-refractivity contribution in [2.24, 2.45) is 0 Å². The molecular weight excluding hydrogens is 564 g/mol. The van der Waals surface area contributed by atoms with Crippen molar-refractivity contribution < 1.29 is 18.9 Å². The van der Waals surface area contributed by atoms with Crippen LogP contribution in [0.5, 0.6) is 11.6 Å². The number of hydrogen-bond acceptors (Lipinski definition) is 12. The Morgan fingerprint density at radius 1 is 1.07 bits per heavy atom. The molecule has 3 aromatic heterocycles. The third-order valence-corrected chi connectivity index (χ3v) is 7.25. The van der Waals surface area contributed by atoms with Gasteiger partial charge in [-0.2, -0.15) is 5.26 Å². The van der Waals surface area contributed by atoms with Crippen molar-refractivity contribution in [1.82, 2.24) is 40.0 Å². The maximum absolute atomic E-state index is 9.62. The summed E-state index contributed by atoms with van der Waals surface area (Å²) in [5, 5.41) is 28.8. The van der Waals surface area contributed by atoms with Crippen LogP contribution in [0.15, 0.2) is 43.1 Å². The predicted molar refractivity (Wildman–Crippen MR) is 161 cm³/mol. The Balaban J connectivity index is 1.26. The van der Waals surface area contributed by atoms with E-state index < -0.39 is 0 Å². The monoisotopic (exact) mass is 602 g/mol. The van der Waals surface area contributed by atoms with Crippen LogP contribution in [0, 0.1) is 11.3 Å². The quantitative estimate of drug-likeness (QED) is 0.181. The van der Waals surface area contributed by atoms with Crippen LogP contribution in [-0.4, -0.2) is 79.6 Å². The van der Waals surface area contributed by atoms with E-state index in [9.17, 15) is 5.26 Å². The molecule has 0 radical (unpaired) electrons. The largest absolute Gasteiger partial charge is 0.487 e. The van der Waals surface area contributed by atoms with Crippen molar-refractivity contribution in [2.75, 3.05) is 38.9 Å². The molecule has 14 heteroatoms. The lowest BCUT2D eigenvalue weighted by molar-refractivity contribution is 0.0641. The minimum Gasteiger partial charge on any atom is -0.487 e. The summed E-state index contributed by atoms with van der Waals surface area (Å²) in [6, 6.07) is 7.94. The van der Waals surface area contributed by atoms with Gasteiger partial charge in [0, 0.05) is 38.1 Å². The third kappa shape index (κ3) is 8.48. The van der Waals surface area contributed by atoms with Gasteiger partial charge >= 0.3 is 0 Å². The second-order valence-electron chi connectivity index (χ2n) is 10.6. The molecule has 1 aliphatic rings. The highest BCUT2D eigenvalue weighted by Gasteiger charge is 2.20. The Morgan fingerprint density at radius 3 is 2.66 bits per heavy atom. The minimum absolute atomic E-state index is 0.266. The van der Waals surface area contributed by atoms with E-state index in [1.807, 2.05) is 29.9 Å². The first kappa shape index (κ1) is 30.8. The molecule has 1 N–H and O–H groups in total. The number of aromatic nitrogens is 8. The van der Waals surface area contributed by atoms with E-state index in [2.05, 4.69) is 36.9 Å². The Kier molecular flexibility index (Phi) is 11.0. The summed E-state index contributed by atoms with van der Waals surface area (Å²) >= 11 is 0. The molecule has 44 heavy (non-hydrogen) atoms. The molecule has 4 aromatic rings. The average Bonchev–Trinajstić information content (AvgIpc) is 3.71. The van der Waals surface area contributed by atoms with Crippen molar-refractivity contribution in [2.45, 2.75) is 64.1 Å². The second-order valence-corrected chi connectivity index (χ2v) is 10.6. The smallest absolute Gasteiger partial charge is 0.256 e. The molecule has 0 spiro atoms. The topological polar surface area (TPSA) is 160 Å². The Hall–Kier alpha value is -4.61. The van der Waals surface area contributed by atoms with E-state index in [0.29, 0.717) is 67.8 Å². The number of rotatable bonds is 16. The van der Waals surface area contributed by atoms with E-state index in [1.54, 1.807) is 30.3 Å². The van der Waals surface area contributed by atoms with Gasteiger partial charge in [0.25, 0.3) is 5.88 Å². The van der Waals surface area contributed by atoms with Gasteiger partial charge < -0.3 is 24.3 Å². The number of benzene rings is 1. The van der Waals surface area contributed by atoms with Crippen molar-refractivity contribution >= 4 is 11.6 Å². The molecule has 1 fully saturated rings. The normalized spacial score (nSPS) is 14.2. The lowest BCUT2D eigenvalue weighted by Crippen LogP contribution is -2.20. The summed E-state index contributed by atoms with van der Waals surface area (Å²) in [6.07, 6.45) is 13.3. The maximum Gasteiger partial charge on any atom is 0.256 e. The molecule has 0 unspecified atom stereocenters. The number of tetrazole rings is 1. The van der Waals surface area contributed by atoms with Crippen LogP contribution in [0.2, 0.25) is 0 Å². The number of methoxy groups -OCH3 is 1. The third-order valence-electron chi connectivity index (χ3n) is 7.25. The van der Waals surface area contributed by atoms with Gasteiger partial charge in [-0.15, -0.1) is 10.2 Å². The molecule has 0 amide bonds. The van der Waals surface area contributed by atoms with Gasteiger partial charge in [-0.05, 0) is 47.9 Å². The van der Waals surface area contributed by atoms with Crippen LogP contribution in [-0.2, 0) is 16.0 Å². The van der Waals surface area contributed by atoms with Crippen molar-refractivity contribution in [3.05, 3.63) is 48.7 Å². The summed E-state index contributed by atoms with van der Waals surface area (Å²) < 4.78 is 26.3. The zero-order valence-corrected chi connectivity index (χ0v) is 25.1. The molecule has 0 bridgehead atoms. The number of ether oxygens (including phenoxy) is 4. The average molecular weight is 603 g/mol. The Morgan fingerprint density at radius 2 is 1.91 bits per heavy atom. The lowest BCUT2D eigenvalue weighted by atomic mass is 9.96. The van der Waals surface area contributed by atoms with Gasteiger partial charge in [0.05, 0.1) is 44.2 Å². The van der Waals surface area contributed by atoms with Gasteiger partial charge in [-0.25, -0.2) is 14.6 Å². The summed E-state index contributed by atoms with van der Waals surface area (Å²) in [5.74, 6) is 1.41. The van der Waals surface area contributed by atoms with Crippen LogP contribution in [0.25, 0.3) is 11.1 Å². The predicted octanol–water partition coefficient (Wildman–Crippen LogP) is 4.35. The highest BCUT2D eigenvalue weighted by atomic mass is 16.5. The SMILES string of the molecule is COCCOCCCOc1nn(C2CCCCC2)cc1Nc1ncc(-c2ccc(C#N)c(O[C@@H](C)Cn3cnnn3)c2)cn1. The van der Waals surface area contributed by atoms with Crippen LogP contribution in [0.3, 0.4) is 0 Å². The Labute approximate surface area is 256 Å². The van der Waals surface area contributed by atoms with Crippen molar-refractivity contribution in [3.8, 4) is 28.8 Å². The zero-order chi connectivity index (χ0) is 30.6. The number of hydrogen-bond donors (Lipinski definition) is 1. The highest BCUT2D eigenvalue weighted by molar-refractivity contribution is 5.67. The zero-order valence-electron chi connectivity index (χ0n) is 25.1. The van der Waals surface area contributed by atoms with Gasteiger partial charge in [0.15, 0.2) is 0 Å². The first-order valence-corrected chi connectivity index (χ1v) is 14.9. The molecule has 0 saturated heterocycles. The summed E-state index contributed by atoms with van der Waals surface area (Å²) in [7, 11) is 1.66. The molecular formula is C30H38N10O4. The molecule has 1 aliphatic carbocycles. The van der Waals surface area contributed by atoms with Crippen LogP contribution >= 0.6 is 0 Å². The van der Waals surface area contributed by atoms with Gasteiger partial charge in [-0.1, -0.05) is 25.3 Å². The van der Waals surface area contributed by atoms with Crippen molar-refractivity contribution in [3.63, 3.8) is 0 Å². The minimum atomic E-state index is -0.266. The van der Waals surface area contributed by atoms with Crippen LogP contribution in [0.1, 0.15) is 57.1 Å². The first-order chi connectivity index (χ1) is 21.6. The Bertz CT molecular complexity index is 1480. The molecule has 1 aromatic carbocycles. The van der Waals surface area contributed by atoms with Crippen LogP contribution in [0.4, 0.5) is 11.6 Å². The maximum atomic E-state index is 9.62. The van der Waals surface area contributed by atoms with Gasteiger partial charge in [-0.3, -0.25) is 4.68 Å². The van der Waals surface area contributed by atoms with Crippen LogP contribution < -0.4 is 14.8 Å². The molecule has 232 valence electrons. The highest BCUT2D eigenvalue weighted by Crippen LogP contribution is 2.33. The molecule has 0 aliphatic heterocycles. The van der Waals surface area contributed by atoms with Gasteiger partial charge in [0.2, 0.25) is 5.95 Å². The van der Waals surface area contributed by atoms with E-state index in [0.717, 1.165) is 30.4 Å². The molecule has 1 saturated carbocycles. The van der Waals surface area contributed by atoms with E-state index in [1.165, 1.54) is 25.6 Å². The standard InChI is InChI=1S/C30H38N10O4/c1-22(19-39-21-34-37-38-39)44-28-15-23(9-10-24(28)16-31)25-17-32-30(33-18-25)35-27-20-40(26-7-4-3-5-8-26)36-29(27)43-12-6-11-42-14-13-41-2/h9-10,15,17-18,20-22,26H,3-8,11-14,19H2,1-2H3,(H,32,33,35)/t22-/m0/s1. The fourth-order valence-electron chi connectivity index (χ4n) is 5.01. The first-order valence-electron chi connectivity index (χ1n) is 14.9. The summed E-state index contributed by atoms with van der Waals surface area (Å²) in [6.45, 7) is 4.52. The number of nitrogens with zero attached hydrogens (tertiary/aromatic N) is 9. The van der Waals surface area contributed by atoms with E-state index >= 15 is 0 Å². The van der Waals surface area contributed by atoms with E-state index in [-0.39, 0.29) is 6.10 Å². The molecule has 14 nitrogen and oxygen atoms in total. The lowest BCUT2D eigenvalue weighted by Gasteiger charge is -2.21. The second kappa shape index (κ2) is 15.7. The molecule has 5 rings (SSSR count). The summed E-state index contributed by atoms with van der Waals surface area (Å²) in [4.78, 5) is 9.11. The number of nitriles is 1. The fraction of sp³-hybridized carbons (Fsp3) is 0.500. The fourth-order valence-corrected chi connectivity index (χ4v) is 5.01. The summed E-state index contributed by atoms with van der Waals surface area (Å²) in [5.41, 5.74) is 2.75. The number of nitrogens with one attached hydrogen (secondary N) is 1. The van der Waals surface area contributed by atoms with E-state index in [4.69, 9.17) is 24.0 Å².